The second-order valence-electron chi connectivity index (χ2n) is 4.32. The zero-order valence-corrected chi connectivity index (χ0v) is 9.72. The molecule has 0 spiro atoms. The normalized spacial score (nSPS) is 15.5. The molecule has 1 aromatic heterocycles. The van der Waals surface area contributed by atoms with Crippen LogP contribution in [0.4, 0.5) is 0 Å². The Morgan fingerprint density at radius 3 is 2.67 bits per heavy atom. The van der Waals surface area contributed by atoms with Crippen molar-refractivity contribution in [3.05, 3.63) is 18.5 Å². The Balaban J connectivity index is 2.22. The van der Waals surface area contributed by atoms with E-state index in [0.717, 1.165) is 0 Å². The molecule has 15 heavy (non-hydrogen) atoms. The third kappa shape index (κ3) is 4.44. The Hall–Kier alpha value is -0.870. The molecule has 1 aromatic rings. The molecule has 0 radical (unpaired) electrons. The minimum Gasteiger partial charge on any atom is -0.390 e. The average molecular weight is 211 g/mol. The number of nitrogens with one attached hydrogen (secondary N) is 1. The molecule has 0 aliphatic carbocycles. The molecule has 0 fully saturated rings. The molecule has 0 amide bonds. The van der Waals surface area contributed by atoms with Gasteiger partial charge in [0, 0.05) is 25.0 Å². The zero-order chi connectivity index (χ0) is 11.3. The summed E-state index contributed by atoms with van der Waals surface area (Å²) in [7, 11) is 0. The zero-order valence-electron chi connectivity index (χ0n) is 9.72. The average Bonchev–Trinajstić information content (AvgIpc) is 2.66. The summed E-state index contributed by atoms with van der Waals surface area (Å²) < 4.78 is 1.74. The van der Waals surface area contributed by atoms with Crippen LogP contribution in [-0.4, -0.2) is 33.6 Å². The molecule has 86 valence electrons. The van der Waals surface area contributed by atoms with Gasteiger partial charge in [0.15, 0.2) is 0 Å². The largest absolute Gasteiger partial charge is 0.390 e. The lowest BCUT2D eigenvalue weighted by atomic mass is 10.1. The van der Waals surface area contributed by atoms with Crippen LogP contribution in [-0.2, 0) is 6.54 Å². The highest BCUT2D eigenvalue weighted by atomic mass is 16.3. The number of aliphatic hydroxyl groups is 1. The van der Waals surface area contributed by atoms with Crippen molar-refractivity contribution in [3.63, 3.8) is 0 Å². The first-order valence-corrected chi connectivity index (χ1v) is 5.48. The quantitative estimate of drug-likeness (QED) is 0.734. The van der Waals surface area contributed by atoms with E-state index in [9.17, 15) is 5.11 Å². The van der Waals surface area contributed by atoms with Crippen LogP contribution in [0.2, 0.25) is 0 Å². The molecule has 0 aromatic carbocycles. The fraction of sp³-hybridized carbons (Fsp3) is 0.727. The van der Waals surface area contributed by atoms with Crippen molar-refractivity contribution in [3.8, 4) is 0 Å². The molecular formula is C11H21N3O. The van der Waals surface area contributed by atoms with Crippen LogP contribution in [0.5, 0.6) is 0 Å². The monoisotopic (exact) mass is 211 g/mol. The van der Waals surface area contributed by atoms with Gasteiger partial charge in [-0.25, -0.2) is 0 Å². The fourth-order valence-corrected chi connectivity index (χ4v) is 1.25. The Kier molecular flexibility index (Phi) is 4.78. The smallest absolute Gasteiger partial charge is 0.0860 e. The summed E-state index contributed by atoms with van der Waals surface area (Å²) in [5, 5.41) is 17.1. The first-order valence-electron chi connectivity index (χ1n) is 5.48. The lowest BCUT2D eigenvalue weighted by Crippen LogP contribution is -2.38. The number of nitrogens with zero attached hydrogens (tertiary/aromatic N) is 2. The van der Waals surface area contributed by atoms with Gasteiger partial charge >= 0.3 is 0 Å². The van der Waals surface area contributed by atoms with E-state index in [1.807, 2.05) is 12.3 Å². The van der Waals surface area contributed by atoms with Gasteiger partial charge in [-0.05, 0) is 18.9 Å². The van der Waals surface area contributed by atoms with Crippen molar-refractivity contribution in [2.75, 3.05) is 6.54 Å². The fourth-order valence-electron chi connectivity index (χ4n) is 1.25. The molecule has 0 bridgehead atoms. The summed E-state index contributed by atoms with van der Waals surface area (Å²) in [4.78, 5) is 0. The molecule has 4 heteroatoms. The van der Waals surface area contributed by atoms with Crippen LogP contribution in [0.3, 0.4) is 0 Å². The van der Waals surface area contributed by atoms with E-state index in [0.29, 0.717) is 25.0 Å². The van der Waals surface area contributed by atoms with Crippen LogP contribution in [0.25, 0.3) is 0 Å². The minimum atomic E-state index is -0.383. The van der Waals surface area contributed by atoms with Crippen molar-refractivity contribution in [2.45, 2.75) is 39.5 Å². The highest BCUT2D eigenvalue weighted by Crippen LogP contribution is 2.00. The molecule has 2 unspecified atom stereocenters. The van der Waals surface area contributed by atoms with Crippen molar-refractivity contribution in [1.82, 2.24) is 15.1 Å². The van der Waals surface area contributed by atoms with Gasteiger partial charge < -0.3 is 10.4 Å². The summed E-state index contributed by atoms with van der Waals surface area (Å²) >= 11 is 0. The second-order valence-corrected chi connectivity index (χ2v) is 4.32. The second kappa shape index (κ2) is 5.88. The molecular weight excluding hydrogens is 190 g/mol. The van der Waals surface area contributed by atoms with Crippen molar-refractivity contribution in [1.29, 1.82) is 0 Å². The van der Waals surface area contributed by atoms with Gasteiger partial charge in [-0.3, -0.25) is 4.68 Å². The van der Waals surface area contributed by atoms with Crippen LogP contribution >= 0.6 is 0 Å². The van der Waals surface area contributed by atoms with Gasteiger partial charge in [-0.2, -0.15) is 5.10 Å². The molecule has 2 atom stereocenters. The van der Waals surface area contributed by atoms with Crippen LogP contribution in [0.1, 0.15) is 20.8 Å². The Labute approximate surface area is 91.3 Å². The van der Waals surface area contributed by atoms with Gasteiger partial charge in [0.05, 0.1) is 12.6 Å². The molecule has 1 heterocycles. The first-order chi connectivity index (χ1) is 7.09. The van der Waals surface area contributed by atoms with E-state index in [-0.39, 0.29) is 6.10 Å². The maximum Gasteiger partial charge on any atom is 0.0860 e. The van der Waals surface area contributed by atoms with E-state index in [1.54, 1.807) is 10.9 Å². The van der Waals surface area contributed by atoms with E-state index < -0.39 is 0 Å². The molecule has 0 saturated heterocycles. The van der Waals surface area contributed by atoms with Crippen molar-refractivity contribution < 1.29 is 5.11 Å². The number of rotatable bonds is 6. The van der Waals surface area contributed by atoms with E-state index in [4.69, 9.17) is 0 Å². The van der Waals surface area contributed by atoms with Gasteiger partial charge in [0.1, 0.15) is 0 Å². The van der Waals surface area contributed by atoms with E-state index in [2.05, 4.69) is 31.2 Å². The van der Waals surface area contributed by atoms with E-state index in [1.165, 1.54) is 0 Å². The predicted octanol–water partition coefficient (Wildman–Crippen LogP) is 0.878. The van der Waals surface area contributed by atoms with Gasteiger partial charge in [0.2, 0.25) is 0 Å². The highest BCUT2D eigenvalue weighted by Gasteiger charge is 2.10. The third-order valence-corrected chi connectivity index (χ3v) is 2.63. The van der Waals surface area contributed by atoms with Crippen LogP contribution in [0, 0.1) is 5.92 Å². The van der Waals surface area contributed by atoms with Gasteiger partial charge in [0.25, 0.3) is 0 Å². The summed E-state index contributed by atoms with van der Waals surface area (Å²) in [6, 6.07) is 2.29. The highest BCUT2D eigenvalue weighted by molar-refractivity contribution is 4.79. The predicted molar refractivity (Wildman–Crippen MR) is 60.5 cm³/mol. The Morgan fingerprint density at radius 2 is 2.13 bits per heavy atom. The summed E-state index contributed by atoms with van der Waals surface area (Å²) in [5.74, 6) is 0.585. The van der Waals surface area contributed by atoms with Crippen LogP contribution < -0.4 is 5.32 Å². The summed E-state index contributed by atoms with van der Waals surface area (Å²) in [6.45, 7) is 7.62. The molecule has 2 N–H and O–H groups in total. The number of hydrogen-bond acceptors (Lipinski definition) is 3. The minimum absolute atomic E-state index is 0.383. The lowest BCUT2D eigenvalue weighted by Gasteiger charge is -2.19. The molecule has 4 nitrogen and oxygen atoms in total. The maximum atomic E-state index is 9.73. The summed E-state index contributed by atoms with van der Waals surface area (Å²) in [6.07, 6.45) is 3.19. The van der Waals surface area contributed by atoms with E-state index >= 15 is 0 Å². The van der Waals surface area contributed by atoms with Crippen LogP contribution in [0.15, 0.2) is 18.5 Å². The SMILES string of the molecule is CC(C)C(C)NCC(O)Cn1cccn1. The third-order valence-electron chi connectivity index (χ3n) is 2.63. The molecule has 0 aliphatic rings. The first kappa shape index (κ1) is 12.2. The molecule has 1 rings (SSSR count). The maximum absolute atomic E-state index is 9.73. The van der Waals surface area contributed by atoms with Crippen molar-refractivity contribution >= 4 is 0 Å². The topological polar surface area (TPSA) is 50.1 Å². The lowest BCUT2D eigenvalue weighted by molar-refractivity contribution is 0.141. The van der Waals surface area contributed by atoms with Gasteiger partial charge in [-0.15, -0.1) is 0 Å². The number of aromatic nitrogens is 2. The Bertz CT molecular complexity index is 259. The van der Waals surface area contributed by atoms with Crippen molar-refractivity contribution in [2.24, 2.45) is 5.92 Å². The summed E-state index contributed by atoms with van der Waals surface area (Å²) in [5.41, 5.74) is 0. The Morgan fingerprint density at radius 1 is 1.40 bits per heavy atom. The standard InChI is InChI=1S/C11H21N3O/c1-9(2)10(3)12-7-11(15)8-14-6-4-5-13-14/h4-6,9-12,15H,7-8H2,1-3H3. The number of hydrogen-bond donors (Lipinski definition) is 2. The number of aliphatic hydroxyl groups excluding tert-OH is 1. The van der Waals surface area contributed by atoms with Gasteiger partial charge in [-0.1, -0.05) is 13.8 Å². The molecule has 0 aliphatic heterocycles. The molecule has 0 saturated carbocycles.